The van der Waals surface area contributed by atoms with E-state index in [4.69, 9.17) is 0 Å². The van der Waals surface area contributed by atoms with Gasteiger partial charge in [-0.05, 0) is 54.6 Å². The highest BCUT2D eigenvalue weighted by Crippen LogP contribution is 2.33. The molecule has 2 N–H and O–H groups in total. The van der Waals surface area contributed by atoms with Crippen LogP contribution in [0.3, 0.4) is 0 Å². The molecule has 0 saturated carbocycles. The second-order valence-electron chi connectivity index (χ2n) is 6.75. The Balaban J connectivity index is 1.90. The molecule has 0 heterocycles. The van der Waals surface area contributed by atoms with E-state index in [0.29, 0.717) is 16.3 Å². The van der Waals surface area contributed by atoms with Gasteiger partial charge in [-0.15, -0.1) is 11.8 Å². The molecule has 0 atom stereocenters. The van der Waals surface area contributed by atoms with Crippen molar-refractivity contribution in [3.05, 3.63) is 78.9 Å². The zero-order chi connectivity index (χ0) is 22.3. The Bertz CT molecular complexity index is 1210. The molecule has 0 radical (unpaired) electrons. The highest BCUT2D eigenvalue weighted by Gasteiger charge is 2.18. The molecule has 0 amide bonds. The maximum Gasteiger partial charge on any atom is 0.261 e. The predicted octanol–water partition coefficient (Wildman–Crippen LogP) is 5.18. The van der Waals surface area contributed by atoms with Gasteiger partial charge in [-0.2, -0.15) is 0 Å². The lowest BCUT2D eigenvalue weighted by Crippen LogP contribution is -2.15. The minimum Gasteiger partial charge on any atom is -0.280 e. The predicted molar refractivity (Wildman–Crippen MR) is 127 cm³/mol. The molecular formula is C22H24N2O4S3. The number of nitrogens with one attached hydrogen (secondary N) is 2. The van der Waals surface area contributed by atoms with Gasteiger partial charge < -0.3 is 0 Å². The lowest BCUT2D eigenvalue weighted by molar-refractivity contribution is 0.599. The Hall–Kier alpha value is -2.49. The molecule has 3 aromatic rings. The van der Waals surface area contributed by atoms with Gasteiger partial charge in [-0.25, -0.2) is 16.8 Å². The molecule has 0 bridgehead atoms. The van der Waals surface area contributed by atoms with Crippen LogP contribution >= 0.6 is 11.8 Å². The number of hydrogen-bond acceptors (Lipinski definition) is 5. The van der Waals surface area contributed by atoms with Crippen LogP contribution in [0.1, 0.15) is 19.8 Å². The Labute approximate surface area is 188 Å². The van der Waals surface area contributed by atoms with E-state index >= 15 is 0 Å². The minimum atomic E-state index is -3.76. The second-order valence-corrected chi connectivity index (χ2v) is 11.3. The SMILES string of the molecule is CCCCSc1cc(NS(=O)(=O)c2ccccc2)ccc1NS(=O)(=O)c1ccccc1. The van der Waals surface area contributed by atoms with Crippen LogP contribution in [0.4, 0.5) is 11.4 Å². The van der Waals surface area contributed by atoms with Gasteiger partial charge in [0.1, 0.15) is 0 Å². The van der Waals surface area contributed by atoms with Gasteiger partial charge in [0.2, 0.25) is 0 Å². The number of unbranched alkanes of at least 4 members (excludes halogenated alkanes) is 1. The number of anilines is 2. The summed E-state index contributed by atoms with van der Waals surface area (Å²) in [6.45, 7) is 2.07. The highest BCUT2D eigenvalue weighted by atomic mass is 32.2. The first-order valence-corrected chi connectivity index (χ1v) is 13.7. The summed E-state index contributed by atoms with van der Waals surface area (Å²) < 4.78 is 56.0. The van der Waals surface area contributed by atoms with E-state index in [1.165, 1.54) is 36.0 Å². The summed E-state index contributed by atoms with van der Waals surface area (Å²) in [6.07, 6.45) is 1.95. The van der Waals surface area contributed by atoms with Crippen molar-refractivity contribution in [1.82, 2.24) is 0 Å². The standard InChI is InChI=1S/C22H24N2O4S3/c1-2-3-16-29-22-17-18(23-30(25,26)19-10-6-4-7-11-19)14-15-21(22)24-31(27,28)20-12-8-5-9-13-20/h4-15,17,23-24H,2-3,16H2,1H3. The fourth-order valence-electron chi connectivity index (χ4n) is 2.73. The summed E-state index contributed by atoms with van der Waals surface area (Å²) in [5.74, 6) is 0.783. The van der Waals surface area contributed by atoms with Gasteiger partial charge in [-0.3, -0.25) is 9.44 Å². The molecule has 6 nitrogen and oxygen atoms in total. The Morgan fingerprint density at radius 2 is 1.29 bits per heavy atom. The van der Waals surface area contributed by atoms with Crippen molar-refractivity contribution in [1.29, 1.82) is 0 Å². The van der Waals surface area contributed by atoms with Crippen molar-refractivity contribution in [3.63, 3.8) is 0 Å². The summed E-state index contributed by atoms with van der Waals surface area (Å²) >= 11 is 1.48. The van der Waals surface area contributed by atoms with Crippen LogP contribution in [0.25, 0.3) is 0 Å². The third-order valence-corrected chi connectivity index (χ3v) is 8.26. The molecule has 3 rings (SSSR count). The second kappa shape index (κ2) is 10.2. The Kier molecular flexibility index (Phi) is 7.64. The molecule has 0 fully saturated rings. The topological polar surface area (TPSA) is 92.3 Å². The van der Waals surface area contributed by atoms with E-state index in [-0.39, 0.29) is 9.79 Å². The zero-order valence-electron chi connectivity index (χ0n) is 17.0. The molecule has 0 unspecified atom stereocenters. The van der Waals surface area contributed by atoms with E-state index in [1.807, 2.05) is 0 Å². The van der Waals surface area contributed by atoms with Crippen molar-refractivity contribution in [3.8, 4) is 0 Å². The molecule has 31 heavy (non-hydrogen) atoms. The molecule has 164 valence electrons. The fourth-order valence-corrected chi connectivity index (χ4v) is 6.11. The van der Waals surface area contributed by atoms with Crippen LogP contribution in [-0.4, -0.2) is 22.6 Å². The van der Waals surface area contributed by atoms with E-state index in [1.54, 1.807) is 54.6 Å². The normalized spacial score (nSPS) is 11.8. The van der Waals surface area contributed by atoms with Crippen LogP contribution in [0, 0.1) is 0 Å². The maximum absolute atomic E-state index is 12.8. The Morgan fingerprint density at radius 3 is 1.84 bits per heavy atom. The van der Waals surface area contributed by atoms with Crippen LogP contribution < -0.4 is 9.44 Å². The van der Waals surface area contributed by atoms with E-state index in [2.05, 4.69) is 16.4 Å². The summed E-state index contributed by atoms with van der Waals surface area (Å²) in [7, 11) is -7.50. The van der Waals surface area contributed by atoms with Crippen molar-refractivity contribution in [2.45, 2.75) is 34.5 Å². The number of hydrogen-bond donors (Lipinski definition) is 2. The molecule has 0 saturated heterocycles. The molecule has 0 aromatic heterocycles. The molecule has 0 aliphatic carbocycles. The van der Waals surface area contributed by atoms with Crippen molar-refractivity contribution >= 4 is 43.2 Å². The third-order valence-electron chi connectivity index (χ3n) is 4.34. The van der Waals surface area contributed by atoms with Gasteiger partial charge in [-0.1, -0.05) is 49.7 Å². The average molecular weight is 477 g/mol. The van der Waals surface area contributed by atoms with Crippen LogP contribution in [0.15, 0.2) is 93.5 Å². The van der Waals surface area contributed by atoms with Crippen molar-refractivity contribution < 1.29 is 16.8 Å². The number of rotatable bonds is 10. The van der Waals surface area contributed by atoms with Crippen LogP contribution in [-0.2, 0) is 20.0 Å². The number of thioether (sulfide) groups is 1. The quantitative estimate of drug-likeness (QED) is 0.311. The van der Waals surface area contributed by atoms with Crippen LogP contribution in [0.2, 0.25) is 0 Å². The van der Waals surface area contributed by atoms with E-state index in [0.717, 1.165) is 18.6 Å². The lowest BCUT2D eigenvalue weighted by atomic mass is 10.3. The maximum atomic E-state index is 12.8. The molecule has 3 aromatic carbocycles. The molecule has 9 heteroatoms. The summed E-state index contributed by atoms with van der Waals surface area (Å²) in [6, 6.07) is 21.0. The third kappa shape index (κ3) is 6.25. The first kappa shape index (κ1) is 23.2. The average Bonchev–Trinajstić information content (AvgIpc) is 2.76. The molecule has 0 aliphatic rings. The fraction of sp³-hybridized carbons (Fsp3) is 0.182. The summed E-state index contributed by atoms with van der Waals surface area (Å²) in [5.41, 5.74) is 0.776. The van der Waals surface area contributed by atoms with Gasteiger partial charge in [0.05, 0.1) is 21.2 Å². The largest absolute Gasteiger partial charge is 0.280 e. The van der Waals surface area contributed by atoms with Gasteiger partial charge >= 0.3 is 0 Å². The minimum absolute atomic E-state index is 0.157. The monoisotopic (exact) mass is 476 g/mol. The lowest BCUT2D eigenvalue weighted by Gasteiger charge is -2.15. The number of sulfonamides is 2. The van der Waals surface area contributed by atoms with Crippen molar-refractivity contribution in [2.75, 3.05) is 15.2 Å². The van der Waals surface area contributed by atoms with E-state index < -0.39 is 20.0 Å². The van der Waals surface area contributed by atoms with Crippen molar-refractivity contribution in [2.24, 2.45) is 0 Å². The van der Waals surface area contributed by atoms with Gasteiger partial charge in [0.25, 0.3) is 20.0 Å². The molecular weight excluding hydrogens is 452 g/mol. The molecule has 0 aliphatic heterocycles. The van der Waals surface area contributed by atoms with Gasteiger partial charge in [0, 0.05) is 4.90 Å². The van der Waals surface area contributed by atoms with Gasteiger partial charge in [0.15, 0.2) is 0 Å². The Morgan fingerprint density at radius 1 is 0.742 bits per heavy atom. The van der Waals surface area contributed by atoms with Crippen LogP contribution in [0.5, 0.6) is 0 Å². The first-order valence-electron chi connectivity index (χ1n) is 9.74. The summed E-state index contributed by atoms with van der Waals surface area (Å²) in [4.78, 5) is 0.971. The smallest absolute Gasteiger partial charge is 0.261 e. The van der Waals surface area contributed by atoms with E-state index in [9.17, 15) is 16.8 Å². The highest BCUT2D eigenvalue weighted by molar-refractivity contribution is 7.99. The number of benzene rings is 3. The molecule has 0 spiro atoms. The zero-order valence-corrected chi connectivity index (χ0v) is 19.4. The first-order chi connectivity index (χ1) is 14.8. The summed E-state index contributed by atoms with van der Waals surface area (Å²) in [5, 5.41) is 0.